The summed E-state index contributed by atoms with van der Waals surface area (Å²) in [6.45, 7) is 11.0. The smallest absolute Gasteiger partial charge is 0.480 e. The van der Waals surface area contributed by atoms with E-state index in [2.05, 4.69) is 59.3 Å². The summed E-state index contributed by atoms with van der Waals surface area (Å²) in [6.07, 6.45) is 12.3. The zero-order chi connectivity index (χ0) is 49.3. The van der Waals surface area contributed by atoms with Crippen LogP contribution in [0.5, 0.6) is 0 Å². The van der Waals surface area contributed by atoms with Gasteiger partial charge >= 0.3 is 13.1 Å². The zero-order valence-corrected chi connectivity index (χ0v) is 39.6. The number of aliphatic carboxylic acids is 1. The van der Waals surface area contributed by atoms with E-state index < -0.39 is 47.6 Å². The highest BCUT2D eigenvalue weighted by Gasteiger charge is 2.60. The number of aliphatic hydroxyl groups excluding tert-OH is 1. The molecular weight excluding hydrogens is 873 g/mol. The molecule has 0 heterocycles. The molecular formula is C49H70BN7O11. The normalized spacial score (nSPS) is 27.4. The van der Waals surface area contributed by atoms with Crippen molar-refractivity contribution >= 4 is 66.0 Å². The summed E-state index contributed by atoms with van der Waals surface area (Å²) in [6, 6.07) is 7.20. The first kappa shape index (κ1) is 52.0. The summed E-state index contributed by atoms with van der Waals surface area (Å²) in [4.78, 5) is 74.3. The minimum atomic E-state index is -2.02. The fraction of sp³-hybridized carbons (Fsp3) is 0.633. The lowest BCUT2D eigenvalue weighted by atomic mass is 9.44. The molecule has 0 aromatic heterocycles. The number of rotatable bonds is 22. The number of aliphatic hydroxyl groups is 1. The Kier molecular flexibility index (Phi) is 17.4. The number of fused-ring (bicyclic) bond motifs is 5. The Morgan fingerprint density at radius 1 is 0.853 bits per heavy atom. The van der Waals surface area contributed by atoms with Crippen LogP contribution in [-0.4, -0.2) is 93.4 Å². The standard InChI is InChI=1S/C49H70BN7O11/c1-29(38-15-16-39-37-14-9-31-27-36(58)20-22-48(31,2)40(37)21-23-49(38,39)3)8-18-44(60)55-42(47(63)64)17-19-43(59)52-24-6-5-7-41(56-51-4)46(62)54-34-12-10-33(11-13-34)53-45(61)30-25-32(50(65)66)28-35(26-30)57(67)68/h10-13,25-26,28-29,31,36-42,56,58,65-66H,4-9,14-24,27H2,1-3H3,(H,52,59)(H,53,61)(H,54,62)(H,55,60)(H,63,64)/t29?,31-,36-,37?,38?,39?,40?,41?,42?,48+,49-/m0/s1. The number of amides is 4. The van der Waals surface area contributed by atoms with Gasteiger partial charge in [0, 0.05) is 55.2 Å². The zero-order valence-electron chi connectivity index (χ0n) is 39.6. The molecule has 19 heteroatoms. The quantitative estimate of drug-likeness (QED) is 0.0245. The van der Waals surface area contributed by atoms with Gasteiger partial charge in [0.15, 0.2) is 0 Å². The highest BCUT2D eigenvalue weighted by atomic mass is 16.6. The number of carbonyl (C=O) groups is 5. The number of nitrogens with one attached hydrogen (secondary N) is 5. The van der Waals surface area contributed by atoms with E-state index in [-0.39, 0.29) is 60.2 Å². The Balaban J connectivity index is 0.875. The second-order valence-corrected chi connectivity index (χ2v) is 20.5. The van der Waals surface area contributed by atoms with E-state index in [4.69, 9.17) is 0 Å². The second kappa shape index (κ2) is 22.8. The molecule has 0 saturated heterocycles. The lowest BCUT2D eigenvalue weighted by Gasteiger charge is -2.61. The Morgan fingerprint density at radius 2 is 1.53 bits per heavy atom. The van der Waals surface area contributed by atoms with Gasteiger partial charge in [0.05, 0.1) is 11.0 Å². The van der Waals surface area contributed by atoms with Crippen molar-refractivity contribution in [1.82, 2.24) is 16.1 Å². The van der Waals surface area contributed by atoms with Crippen molar-refractivity contribution in [3.63, 3.8) is 0 Å². The lowest BCUT2D eigenvalue weighted by Crippen LogP contribution is -2.54. The molecule has 0 aliphatic heterocycles. The van der Waals surface area contributed by atoms with Crippen molar-refractivity contribution in [3.8, 4) is 0 Å². The molecule has 4 aliphatic carbocycles. The van der Waals surface area contributed by atoms with Crippen LogP contribution in [-0.2, 0) is 19.2 Å². The summed E-state index contributed by atoms with van der Waals surface area (Å²) in [5.74, 6) is 0.631. The van der Waals surface area contributed by atoms with E-state index in [9.17, 15) is 54.3 Å². The van der Waals surface area contributed by atoms with Crippen LogP contribution in [0.3, 0.4) is 0 Å². The van der Waals surface area contributed by atoms with Gasteiger partial charge in [-0.05, 0) is 172 Å². The van der Waals surface area contributed by atoms with Crippen molar-refractivity contribution in [2.24, 2.45) is 51.4 Å². The molecule has 18 nitrogen and oxygen atoms in total. The molecule has 7 unspecified atom stereocenters. The van der Waals surface area contributed by atoms with Crippen LogP contribution in [0.4, 0.5) is 17.1 Å². The van der Waals surface area contributed by atoms with Crippen molar-refractivity contribution in [1.29, 1.82) is 0 Å². The van der Waals surface area contributed by atoms with E-state index in [0.717, 1.165) is 49.3 Å². The maximum absolute atomic E-state index is 13.1. The van der Waals surface area contributed by atoms with Gasteiger partial charge in [-0.25, -0.2) is 4.79 Å². The average molecular weight is 944 g/mol. The van der Waals surface area contributed by atoms with Crippen LogP contribution >= 0.6 is 0 Å². The highest BCUT2D eigenvalue weighted by Crippen LogP contribution is 2.68. The number of nitrogens with zero attached hydrogens (tertiary/aromatic N) is 2. The number of carbonyl (C=O) groups excluding carboxylic acids is 4. The number of hydrazone groups is 1. The van der Waals surface area contributed by atoms with Gasteiger partial charge in [0.25, 0.3) is 11.6 Å². The van der Waals surface area contributed by atoms with Gasteiger partial charge in [0.2, 0.25) is 17.7 Å². The third kappa shape index (κ3) is 12.4. The number of benzene rings is 2. The SMILES string of the molecule is C=NNC(CCCCNC(=O)CCC(NC(=O)CCC(C)C1CCC2C3CC[C@H]4C[C@@H](O)CC[C@@]4(C)C3CC[C@@]12C)C(=O)O)C(=O)Nc1ccc(NC(=O)c2cc(B(O)O)cc([N+](=O)[O-])c2)cc1. The van der Waals surface area contributed by atoms with Crippen molar-refractivity contribution < 1.29 is 49.2 Å². The Labute approximate surface area is 398 Å². The summed E-state index contributed by atoms with van der Waals surface area (Å²) in [5.41, 5.74) is 3.08. The third-order valence-corrected chi connectivity index (χ3v) is 16.4. The summed E-state index contributed by atoms with van der Waals surface area (Å²) >= 11 is 0. The largest absolute Gasteiger partial charge is 0.488 e. The first-order valence-corrected chi connectivity index (χ1v) is 24.4. The summed E-state index contributed by atoms with van der Waals surface area (Å²) in [7, 11) is -2.02. The van der Waals surface area contributed by atoms with Crippen molar-refractivity contribution in [2.45, 2.75) is 142 Å². The average Bonchev–Trinajstić information content (AvgIpc) is 3.66. The summed E-state index contributed by atoms with van der Waals surface area (Å²) in [5, 5.41) is 65.0. The molecule has 6 rings (SSSR count). The van der Waals surface area contributed by atoms with Crippen LogP contribution in [0.2, 0.25) is 0 Å². The molecule has 0 spiro atoms. The van der Waals surface area contributed by atoms with Gasteiger partial charge in [-0.3, -0.25) is 34.7 Å². The van der Waals surface area contributed by atoms with Crippen LogP contribution in [0.25, 0.3) is 0 Å². The number of hydrogen-bond donors (Lipinski definition) is 9. The van der Waals surface area contributed by atoms with E-state index >= 15 is 0 Å². The van der Waals surface area contributed by atoms with Crippen LogP contribution in [0.1, 0.15) is 134 Å². The fourth-order valence-electron chi connectivity index (χ4n) is 12.8. The Bertz CT molecular complexity index is 2160. The maximum Gasteiger partial charge on any atom is 0.488 e. The maximum atomic E-state index is 13.1. The molecule has 4 saturated carbocycles. The van der Waals surface area contributed by atoms with Gasteiger partial charge in [-0.1, -0.05) is 20.8 Å². The Morgan fingerprint density at radius 3 is 2.21 bits per heavy atom. The van der Waals surface area contributed by atoms with Gasteiger partial charge in [-0.2, -0.15) is 5.10 Å². The van der Waals surface area contributed by atoms with Gasteiger partial charge < -0.3 is 41.5 Å². The molecule has 4 aliphatic rings. The van der Waals surface area contributed by atoms with E-state index in [1.807, 2.05) is 0 Å². The molecule has 9 N–H and O–H groups in total. The molecule has 370 valence electrons. The van der Waals surface area contributed by atoms with Crippen LogP contribution in [0.15, 0.2) is 47.6 Å². The lowest BCUT2D eigenvalue weighted by molar-refractivity contribution is -0.384. The highest BCUT2D eigenvalue weighted by molar-refractivity contribution is 6.58. The predicted octanol–water partition coefficient (Wildman–Crippen LogP) is 5.11. The number of hydrogen-bond acceptors (Lipinski definition) is 12. The minimum Gasteiger partial charge on any atom is -0.480 e. The van der Waals surface area contributed by atoms with Crippen LogP contribution in [0, 0.1) is 56.5 Å². The van der Waals surface area contributed by atoms with Gasteiger partial charge in [0.1, 0.15) is 12.1 Å². The predicted molar refractivity (Wildman–Crippen MR) is 258 cm³/mol. The Hall–Kier alpha value is -5.40. The molecule has 4 fully saturated rings. The van der Waals surface area contributed by atoms with Crippen LogP contribution < -0.4 is 32.2 Å². The molecule has 68 heavy (non-hydrogen) atoms. The first-order valence-electron chi connectivity index (χ1n) is 24.4. The fourth-order valence-corrected chi connectivity index (χ4v) is 12.8. The third-order valence-electron chi connectivity index (χ3n) is 16.4. The number of anilines is 2. The van der Waals surface area contributed by atoms with Gasteiger partial charge in [-0.15, -0.1) is 0 Å². The number of non-ortho nitro benzene ring substituents is 1. The topological polar surface area (TPSA) is 282 Å². The monoisotopic (exact) mass is 944 g/mol. The number of nitro benzene ring substituents is 1. The van der Waals surface area contributed by atoms with E-state index in [0.29, 0.717) is 66.1 Å². The molecule has 2 aromatic carbocycles. The first-order chi connectivity index (χ1) is 32.3. The molecule has 0 bridgehead atoms. The number of unbranched alkanes of at least 4 members (excludes halogenated alkanes) is 1. The molecule has 4 amide bonds. The number of carboxylic acids is 1. The van der Waals surface area contributed by atoms with E-state index in [1.165, 1.54) is 62.8 Å². The number of carboxylic acid groups (broad SMARTS) is 1. The minimum absolute atomic E-state index is 0.0507. The van der Waals surface area contributed by atoms with E-state index in [1.54, 1.807) is 0 Å². The van der Waals surface area contributed by atoms with Crippen molar-refractivity contribution in [2.75, 3.05) is 17.2 Å². The van der Waals surface area contributed by atoms with Crippen molar-refractivity contribution in [3.05, 3.63) is 58.1 Å². The summed E-state index contributed by atoms with van der Waals surface area (Å²) < 4.78 is 0. The number of nitro groups is 1. The molecule has 2 aromatic rings. The second-order valence-electron chi connectivity index (χ2n) is 20.5. The molecule has 11 atom stereocenters. The molecule has 0 radical (unpaired) electrons.